The summed E-state index contributed by atoms with van der Waals surface area (Å²) >= 11 is 0. The molecule has 2 aromatic rings. The van der Waals surface area contributed by atoms with Gasteiger partial charge in [-0.05, 0) is 32.6 Å². The lowest BCUT2D eigenvalue weighted by atomic mass is 9.71. The van der Waals surface area contributed by atoms with E-state index in [9.17, 15) is 4.79 Å². The maximum Gasteiger partial charge on any atom is 0.227 e. The molecule has 2 fully saturated rings. The molecule has 8 nitrogen and oxygen atoms in total. The van der Waals surface area contributed by atoms with Crippen LogP contribution in [0.15, 0.2) is 10.9 Å². The van der Waals surface area contributed by atoms with Crippen molar-refractivity contribution in [1.29, 1.82) is 0 Å². The van der Waals surface area contributed by atoms with E-state index >= 15 is 0 Å². The van der Waals surface area contributed by atoms with Gasteiger partial charge in [-0.15, -0.1) is 10.2 Å². The molecule has 1 unspecified atom stereocenters. The molecule has 0 N–H and O–H groups in total. The first-order chi connectivity index (χ1) is 13.9. The lowest BCUT2D eigenvalue weighted by Gasteiger charge is -2.37. The summed E-state index contributed by atoms with van der Waals surface area (Å²) in [6.07, 6.45) is 4.05. The molecule has 0 radical (unpaired) electrons. The van der Waals surface area contributed by atoms with Crippen LogP contribution in [0.25, 0.3) is 0 Å². The van der Waals surface area contributed by atoms with Crippen molar-refractivity contribution >= 4 is 5.91 Å². The number of nitrogens with zero attached hydrogens (tertiary/aromatic N) is 5. The number of carbonyl (C=O) groups is 1. The molecule has 2 aliphatic heterocycles. The van der Waals surface area contributed by atoms with Gasteiger partial charge in [0.25, 0.3) is 0 Å². The first-order valence-corrected chi connectivity index (χ1v) is 10.5. The van der Waals surface area contributed by atoms with E-state index in [2.05, 4.69) is 33.8 Å². The Kier molecular flexibility index (Phi) is 5.46. The molecule has 0 bridgehead atoms. The lowest BCUT2D eigenvalue weighted by Crippen LogP contribution is -2.38. The molecule has 1 atom stereocenters. The highest BCUT2D eigenvalue weighted by Crippen LogP contribution is 2.49. The van der Waals surface area contributed by atoms with Crippen LogP contribution in [0.4, 0.5) is 0 Å². The van der Waals surface area contributed by atoms with E-state index in [1.807, 2.05) is 25.1 Å². The number of rotatable bonds is 5. The maximum absolute atomic E-state index is 13.2. The largest absolute Gasteiger partial charge is 0.381 e. The first kappa shape index (κ1) is 20.1. The summed E-state index contributed by atoms with van der Waals surface area (Å²) < 4.78 is 13.1. The topological polar surface area (TPSA) is 86.3 Å². The van der Waals surface area contributed by atoms with E-state index in [0.29, 0.717) is 18.9 Å². The van der Waals surface area contributed by atoms with Gasteiger partial charge in [-0.1, -0.05) is 19.0 Å². The highest BCUT2D eigenvalue weighted by molar-refractivity contribution is 5.79. The summed E-state index contributed by atoms with van der Waals surface area (Å²) in [6.45, 7) is 11.9. The van der Waals surface area contributed by atoms with Crippen molar-refractivity contribution in [1.82, 2.24) is 24.8 Å². The Balaban J connectivity index is 1.59. The monoisotopic (exact) mass is 401 g/mol. The van der Waals surface area contributed by atoms with Crippen LogP contribution in [0.3, 0.4) is 0 Å². The fourth-order valence-corrected chi connectivity index (χ4v) is 4.88. The second-order valence-corrected chi connectivity index (χ2v) is 9.02. The van der Waals surface area contributed by atoms with Crippen LogP contribution in [0.1, 0.15) is 55.4 Å². The van der Waals surface area contributed by atoms with E-state index < -0.39 is 0 Å². The van der Waals surface area contributed by atoms with Crippen LogP contribution in [0.5, 0.6) is 0 Å². The van der Waals surface area contributed by atoms with E-state index in [-0.39, 0.29) is 17.2 Å². The van der Waals surface area contributed by atoms with Crippen molar-refractivity contribution in [2.24, 2.45) is 11.3 Å². The van der Waals surface area contributed by atoms with Crippen molar-refractivity contribution in [2.75, 3.05) is 26.3 Å². The lowest BCUT2D eigenvalue weighted by molar-refractivity contribution is -0.130. The zero-order chi connectivity index (χ0) is 20.6. The standard InChI is InChI=1S/C21H31N5O3/c1-14(2)10-26-13-22-23-20(26)18-11-25(12-21(18)5-7-28-8-6-21)19(27)9-17-15(3)24-29-16(17)4/h13-14,18H,5-12H2,1-4H3. The molecule has 2 aliphatic rings. The molecule has 158 valence electrons. The quantitative estimate of drug-likeness (QED) is 0.765. The summed E-state index contributed by atoms with van der Waals surface area (Å²) in [6, 6.07) is 0. The number of hydrogen-bond donors (Lipinski definition) is 0. The van der Waals surface area contributed by atoms with Crippen LogP contribution in [0.2, 0.25) is 0 Å². The van der Waals surface area contributed by atoms with Gasteiger partial charge in [0.1, 0.15) is 17.9 Å². The second-order valence-electron chi connectivity index (χ2n) is 9.02. The van der Waals surface area contributed by atoms with E-state index in [0.717, 1.165) is 62.0 Å². The Bertz CT molecular complexity index is 846. The number of aryl methyl sites for hydroxylation is 2. The summed E-state index contributed by atoms with van der Waals surface area (Å²) in [7, 11) is 0. The van der Waals surface area contributed by atoms with E-state index in [4.69, 9.17) is 9.26 Å². The molecule has 1 amide bonds. The van der Waals surface area contributed by atoms with Crippen molar-refractivity contribution in [3.05, 3.63) is 29.2 Å². The molecule has 0 aromatic carbocycles. The molecule has 8 heteroatoms. The van der Waals surface area contributed by atoms with Gasteiger partial charge in [-0.2, -0.15) is 0 Å². The van der Waals surface area contributed by atoms with Crippen LogP contribution < -0.4 is 0 Å². The smallest absolute Gasteiger partial charge is 0.227 e. The molecule has 29 heavy (non-hydrogen) atoms. The number of hydrogen-bond acceptors (Lipinski definition) is 6. The summed E-state index contributed by atoms with van der Waals surface area (Å²) in [4.78, 5) is 15.2. The molecule has 2 saturated heterocycles. The summed E-state index contributed by atoms with van der Waals surface area (Å²) in [5, 5.41) is 12.7. The second kappa shape index (κ2) is 7.89. The minimum absolute atomic E-state index is 0.00834. The average molecular weight is 402 g/mol. The average Bonchev–Trinajstić information content (AvgIpc) is 3.36. The van der Waals surface area contributed by atoms with Gasteiger partial charge in [0.2, 0.25) is 5.91 Å². The molecule has 4 rings (SSSR count). The SMILES string of the molecule is Cc1noc(C)c1CC(=O)N1CC(c2nncn2CC(C)C)C2(CCOCC2)C1. The van der Waals surface area contributed by atoms with Gasteiger partial charge in [0, 0.05) is 49.7 Å². The zero-order valence-corrected chi connectivity index (χ0v) is 17.8. The Labute approximate surface area is 171 Å². The molecular formula is C21H31N5O3. The van der Waals surface area contributed by atoms with Crippen molar-refractivity contribution in [3.8, 4) is 0 Å². The van der Waals surface area contributed by atoms with Crippen molar-refractivity contribution < 1.29 is 14.1 Å². The minimum atomic E-state index is 0.00834. The van der Waals surface area contributed by atoms with Crippen LogP contribution >= 0.6 is 0 Å². The van der Waals surface area contributed by atoms with E-state index in [1.54, 1.807) is 0 Å². The van der Waals surface area contributed by atoms with Crippen LogP contribution in [0, 0.1) is 25.2 Å². The Hall–Kier alpha value is -2.22. The van der Waals surface area contributed by atoms with E-state index in [1.165, 1.54) is 0 Å². The Morgan fingerprint density at radius 3 is 2.72 bits per heavy atom. The molecule has 0 saturated carbocycles. The number of amides is 1. The highest BCUT2D eigenvalue weighted by Gasteiger charge is 2.51. The molecule has 2 aromatic heterocycles. The normalized spacial score (nSPS) is 21.4. The van der Waals surface area contributed by atoms with Crippen LogP contribution in [-0.4, -0.2) is 57.0 Å². The van der Waals surface area contributed by atoms with Gasteiger partial charge >= 0.3 is 0 Å². The van der Waals surface area contributed by atoms with Crippen molar-refractivity contribution in [3.63, 3.8) is 0 Å². The number of carbonyl (C=O) groups excluding carboxylic acids is 1. The zero-order valence-electron chi connectivity index (χ0n) is 17.8. The van der Waals surface area contributed by atoms with Crippen molar-refractivity contribution in [2.45, 2.75) is 59.4 Å². The molecule has 4 heterocycles. The Morgan fingerprint density at radius 1 is 1.31 bits per heavy atom. The third-order valence-electron chi connectivity index (χ3n) is 6.52. The fraction of sp³-hybridized carbons (Fsp3) is 0.714. The maximum atomic E-state index is 13.2. The predicted molar refractivity (Wildman–Crippen MR) is 106 cm³/mol. The number of likely N-dealkylation sites (tertiary alicyclic amines) is 1. The number of aromatic nitrogens is 4. The Morgan fingerprint density at radius 2 is 2.07 bits per heavy atom. The predicted octanol–water partition coefficient (Wildman–Crippen LogP) is 2.50. The molecule has 1 spiro atoms. The van der Waals surface area contributed by atoms with Gasteiger partial charge in [0.05, 0.1) is 12.1 Å². The van der Waals surface area contributed by atoms with Gasteiger partial charge in [-0.3, -0.25) is 4.79 Å². The van der Waals surface area contributed by atoms with Gasteiger partial charge in [-0.25, -0.2) is 0 Å². The summed E-state index contributed by atoms with van der Waals surface area (Å²) in [5.41, 5.74) is 1.71. The number of ether oxygens (including phenoxy) is 1. The molecule has 0 aliphatic carbocycles. The van der Waals surface area contributed by atoms with Gasteiger partial charge < -0.3 is 18.7 Å². The molecular weight excluding hydrogens is 370 g/mol. The van der Waals surface area contributed by atoms with Gasteiger partial charge in [0.15, 0.2) is 0 Å². The minimum Gasteiger partial charge on any atom is -0.381 e. The third kappa shape index (κ3) is 3.82. The highest BCUT2D eigenvalue weighted by atomic mass is 16.5. The third-order valence-corrected chi connectivity index (χ3v) is 6.52. The van der Waals surface area contributed by atoms with Crippen LogP contribution in [-0.2, 0) is 22.5 Å². The first-order valence-electron chi connectivity index (χ1n) is 10.5. The summed E-state index contributed by atoms with van der Waals surface area (Å²) in [5.74, 6) is 2.55. The fourth-order valence-electron chi connectivity index (χ4n) is 4.88.